The number of rotatable bonds is 2. The largest absolute Gasteiger partial charge is 0.417 e. The monoisotopic (exact) mass is 280 g/mol. The van der Waals surface area contributed by atoms with Crippen LogP contribution in [0.15, 0.2) is 18.2 Å². The van der Waals surface area contributed by atoms with Crippen LogP contribution in [0.5, 0.6) is 0 Å². The van der Waals surface area contributed by atoms with E-state index >= 15 is 0 Å². The summed E-state index contributed by atoms with van der Waals surface area (Å²) in [7, 11) is 0. The summed E-state index contributed by atoms with van der Waals surface area (Å²) in [6, 6.07) is 4.89. The second-order valence-electron chi connectivity index (χ2n) is 3.90. The van der Waals surface area contributed by atoms with Gasteiger partial charge < -0.3 is 5.32 Å². The number of benzene rings is 1. The molecule has 104 valence electrons. The molecule has 1 N–H and O–H groups in total. The zero-order chi connectivity index (χ0) is 15.2. The van der Waals surface area contributed by atoms with Gasteiger partial charge in [-0.15, -0.1) is 0 Å². The van der Waals surface area contributed by atoms with Gasteiger partial charge in [-0.25, -0.2) is 0 Å². The van der Waals surface area contributed by atoms with Gasteiger partial charge in [0.05, 0.1) is 17.2 Å². The predicted octanol–water partition coefficient (Wildman–Crippen LogP) is 2.45. The van der Waals surface area contributed by atoms with Crippen molar-refractivity contribution in [2.75, 3.05) is 6.54 Å². The van der Waals surface area contributed by atoms with Crippen molar-refractivity contribution in [1.82, 2.24) is 5.32 Å². The number of alkyl halides is 3. The summed E-state index contributed by atoms with van der Waals surface area (Å²) >= 11 is 0. The Kier molecular flexibility index (Phi) is 5.16. The van der Waals surface area contributed by atoms with E-state index < -0.39 is 11.7 Å². The van der Waals surface area contributed by atoms with E-state index in [4.69, 9.17) is 5.26 Å². The van der Waals surface area contributed by atoms with Crippen LogP contribution in [0, 0.1) is 23.2 Å². The van der Waals surface area contributed by atoms with E-state index in [0.29, 0.717) is 0 Å². The number of carbonyl (C=O) groups is 1. The van der Waals surface area contributed by atoms with Gasteiger partial charge in [-0.1, -0.05) is 11.8 Å². The summed E-state index contributed by atoms with van der Waals surface area (Å²) in [6.45, 7) is 1.62. The first-order valence-corrected chi connectivity index (χ1v) is 5.69. The highest BCUT2D eigenvalue weighted by Gasteiger charge is 2.33. The van der Waals surface area contributed by atoms with Crippen molar-refractivity contribution in [1.29, 1.82) is 5.26 Å². The second kappa shape index (κ2) is 6.63. The van der Waals surface area contributed by atoms with Crippen molar-refractivity contribution >= 4 is 5.91 Å². The molecule has 1 rings (SSSR count). The minimum Gasteiger partial charge on any atom is -0.355 e. The minimum atomic E-state index is -4.56. The highest BCUT2D eigenvalue weighted by Crippen LogP contribution is 2.32. The molecule has 0 fully saturated rings. The number of hydrogen-bond acceptors (Lipinski definition) is 2. The number of carbonyl (C=O) groups excluding carboxylic acids is 1. The summed E-state index contributed by atoms with van der Waals surface area (Å²) in [6.07, 6.45) is -4.31. The molecule has 0 aromatic heterocycles. The van der Waals surface area contributed by atoms with Crippen molar-refractivity contribution in [2.45, 2.75) is 19.5 Å². The molecule has 0 saturated carbocycles. The Morgan fingerprint density at radius 1 is 1.40 bits per heavy atom. The Morgan fingerprint density at radius 3 is 2.65 bits per heavy atom. The lowest BCUT2D eigenvalue weighted by Crippen LogP contribution is -2.20. The van der Waals surface area contributed by atoms with E-state index in [2.05, 4.69) is 17.2 Å². The molecule has 0 bridgehead atoms. The number of nitrogens with one attached hydrogen (secondary N) is 1. The van der Waals surface area contributed by atoms with E-state index in [1.54, 1.807) is 6.07 Å². The van der Waals surface area contributed by atoms with Gasteiger partial charge in [-0.05, 0) is 18.2 Å². The summed E-state index contributed by atoms with van der Waals surface area (Å²) in [5, 5.41) is 11.1. The predicted molar refractivity (Wildman–Crippen MR) is 66.3 cm³/mol. The van der Waals surface area contributed by atoms with Crippen LogP contribution < -0.4 is 5.32 Å². The third-order valence-electron chi connectivity index (χ3n) is 2.30. The van der Waals surface area contributed by atoms with Crippen LogP contribution in [0.4, 0.5) is 13.2 Å². The van der Waals surface area contributed by atoms with E-state index in [9.17, 15) is 18.0 Å². The molecule has 0 aliphatic carbocycles. The van der Waals surface area contributed by atoms with Crippen LogP contribution >= 0.6 is 0 Å². The second-order valence-corrected chi connectivity index (χ2v) is 3.90. The highest BCUT2D eigenvalue weighted by atomic mass is 19.4. The molecule has 0 atom stereocenters. The first-order valence-electron chi connectivity index (χ1n) is 5.69. The van der Waals surface area contributed by atoms with E-state index in [-0.39, 0.29) is 30.0 Å². The average molecular weight is 280 g/mol. The molecule has 0 saturated heterocycles. The van der Waals surface area contributed by atoms with Crippen LogP contribution in [0.3, 0.4) is 0 Å². The number of nitrogens with zero attached hydrogens (tertiary/aromatic N) is 1. The van der Waals surface area contributed by atoms with E-state index in [0.717, 1.165) is 6.07 Å². The van der Waals surface area contributed by atoms with Crippen LogP contribution in [0.25, 0.3) is 0 Å². The Balaban J connectivity index is 2.93. The average Bonchev–Trinajstić information content (AvgIpc) is 2.37. The summed E-state index contributed by atoms with van der Waals surface area (Å²) in [5.74, 6) is 4.75. The molecule has 0 unspecified atom stereocenters. The van der Waals surface area contributed by atoms with Crippen LogP contribution in [0.2, 0.25) is 0 Å². The van der Waals surface area contributed by atoms with Crippen molar-refractivity contribution in [3.05, 3.63) is 34.9 Å². The fourth-order valence-electron chi connectivity index (χ4n) is 1.42. The van der Waals surface area contributed by atoms with E-state index in [1.807, 2.05) is 0 Å². The van der Waals surface area contributed by atoms with E-state index in [1.165, 1.54) is 19.1 Å². The minimum absolute atomic E-state index is 0.0684. The zero-order valence-corrected chi connectivity index (χ0v) is 10.6. The Bertz CT molecular complexity index is 604. The zero-order valence-electron chi connectivity index (χ0n) is 10.6. The molecule has 0 aliphatic rings. The third-order valence-corrected chi connectivity index (χ3v) is 2.30. The van der Waals surface area contributed by atoms with Gasteiger partial charge in [-0.3, -0.25) is 4.79 Å². The van der Waals surface area contributed by atoms with Crippen molar-refractivity contribution < 1.29 is 18.0 Å². The van der Waals surface area contributed by atoms with Gasteiger partial charge in [-0.2, -0.15) is 18.4 Å². The Morgan fingerprint density at radius 2 is 2.10 bits per heavy atom. The summed E-state index contributed by atoms with van der Waals surface area (Å²) in [4.78, 5) is 10.6. The SMILES string of the molecule is CC(=O)NCCC#Cc1ccc(C#N)cc1C(F)(F)F. The first kappa shape index (κ1) is 15.6. The number of nitriles is 1. The van der Waals surface area contributed by atoms with Crippen LogP contribution in [-0.4, -0.2) is 12.5 Å². The molecule has 0 radical (unpaired) electrons. The van der Waals surface area contributed by atoms with Crippen LogP contribution in [-0.2, 0) is 11.0 Å². The third kappa shape index (κ3) is 4.66. The summed E-state index contributed by atoms with van der Waals surface area (Å²) < 4.78 is 38.4. The number of hydrogen-bond donors (Lipinski definition) is 1. The van der Waals surface area contributed by atoms with Gasteiger partial charge >= 0.3 is 6.18 Å². The van der Waals surface area contributed by atoms with Gasteiger partial charge in [0.2, 0.25) is 5.91 Å². The van der Waals surface area contributed by atoms with Crippen molar-refractivity contribution in [3.8, 4) is 17.9 Å². The van der Waals surface area contributed by atoms with Crippen LogP contribution in [0.1, 0.15) is 30.0 Å². The topological polar surface area (TPSA) is 52.9 Å². The first-order chi connectivity index (χ1) is 9.34. The Labute approximate surface area is 114 Å². The van der Waals surface area contributed by atoms with Gasteiger partial charge in [0.25, 0.3) is 0 Å². The molecule has 0 aliphatic heterocycles. The molecular formula is C14H11F3N2O. The number of halogens is 3. The maximum atomic E-state index is 12.8. The van der Waals surface area contributed by atoms with Gasteiger partial charge in [0, 0.05) is 25.5 Å². The maximum Gasteiger partial charge on any atom is 0.417 e. The molecule has 0 spiro atoms. The molecule has 1 aromatic carbocycles. The van der Waals surface area contributed by atoms with Gasteiger partial charge in [0.15, 0.2) is 0 Å². The lowest BCUT2D eigenvalue weighted by Gasteiger charge is -2.09. The molecule has 1 amide bonds. The fourth-order valence-corrected chi connectivity index (χ4v) is 1.42. The fraction of sp³-hybridized carbons (Fsp3) is 0.286. The molecule has 3 nitrogen and oxygen atoms in total. The highest BCUT2D eigenvalue weighted by molar-refractivity contribution is 5.72. The quantitative estimate of drug-likeness (QED) is 0.668. The lowest BCUT2D eigenvalue weighted by molar-refractivity contribution is -0.137. The standard InChI is InChI=1S/C14H11F3N2O/c1-10(20)19-7-3-2-4-12-6-5-11(9-18)8-13(12)14(15,16)17/h5-6,8H,3,7H2,1H3,(H,19,20). The Hall–Kier alpha value is -2.47. The lowest BCUT2D eigenvalue weighted by atomic mass is 10.0. The smallest absolute Gasteiger partial charge is 0.355 e. The molecule has 6 heteroatoms. The maximum absolute atomic E-state index is 12.8. The molecule has 1 aromatic rings. The van der Waals surface area contributed by atoms with Crippen molar-refractivity contribution in [3.63, 3.8) is 0 Å². The van der Waals surface area contributed by atoms with Gasteiger partial charge in [0.1, 0.15) is 0 Å². The molecule has 20 heavy (non-hydrogen) atoms. The summed E-state index contributed by atoms with van der Waals surface area (Å²) in [5.41, 5.74) is -1.18. The molecular weight excluding hydrogens is 269 g/mol. The molecule has 0 heterocycles. The number of amides is 1. The normalized spacial score (nSPS) is 10.2. The van der Waals surface area contributed by atoms with Crippen molar-refractivity contribution in [2.24, 2.45) is 0 Å².